The number of hydrogen-bond acceptors (Lipinski definition) is 0. The second-order valence-corrected chi connectivity index (χ2v) is 5.17. The minimum Gasteiger partial charge on any atom is -0.341 e. The van der Waals surface area contributed by atoms with E-state index in [-0.39, 0.29) is 0 Å². The maximum atomic E-state index is 3.64. The lowest BCUT2D eigenvalue weighted by Crippen LogP contribution is -1.96. The van der Waals surface area contributed by atoms with Gasteiger partial charge in [0.15, 0.2) is 0 Å². The first-order valence-corrected chi connectivity index (χ1v) is 6.93. The molecule has 0 radical (unpaired) electrons. The van der Waals surface area contributed by atoms with Gasteiger partial charge in [0.1, 0.15) is 0 Å². The first-order valence-electron chi connectivity index (χ1n) is 6.14. The van der Waals surface area contributed by atoms with E-state index in [0.717, 1.165) is 11.0 Å². The van der Waals surface area contributed by atoms with E-state index in [9.17, 15) is 0 Å². The highest BCUT2D eigenvalue weighted by molar-refractivity contribution is 9.10. The SMILES string of the molecule is CCn1c(-c2ccccc2Br)cc2ccccc21. The van der Waals surface area contributed by atoms with Crippen LogP contribution in [-0.4, -0.2) is 4.57 Å². The number of para-hydroxylation sites is 1. The summed E-state index contributed by atoms with van der Waals surface area (Å²) in [5, 5.41) is 1.30. The van der Waals surface area contributed by atoms with Crippen molar-refractivity contribution in [2.75, 3.05) is 0 Å². The Morgan fingerprint density at radius 2 is 1.72 bits per heavy atom. The molecule has 1 heterocycles. The summed E-state index contributed by atoms with van der Waals surface area (Å²) in [5.74, 6) is 0. The van der Waals surface area contributed by atoms with E-state index in [0.29, 0.717) is 0 Å². The average molecular weight is 300 g/mol. The molecular formula is C16H14BrN. The zero-order valence-electron chi connectivity index (χ0n) is 10.2. The molecule has 0 saturated heterocycles. The lowest BCUT2D eigenvalue weighted by Gasteiger charge is -2.09. The number of aromatic nitrogens is 1. The summed E-state index contributed by atoms with van der Waals surface area (Å²) in [7, 11) is 0. The molecule has 0 fully saturated rings. The van der Waals surface area contributed by atoms with Crippen LogP contribution in [0.2, 0.25) is 0 Å². The van der Waals surface area contributed by atoms with Crippen LogP contribution in [0.3, 0.4) is 0 Å². The second kappa shape index (κ2) is 4.62. The average Bonchev–Trinajstić information content (AvgIpc) is 2.77. The van der Waals surface area contributed by atoms with Crippen molar-refractivity contribution >= 4 is 26.8 Å². The van der Waals surface area contributed by atoms with Crippen LogP contribution in [0, 0.1) is 0 Å². The van der Waals surface area contributed by atoms with Crippen LogP contribution >= 0.6 is 15.9 Å². The Kier molecular flexibility index (Phi) is 2.96. The fourth-order valence-electron chi connectivity index (χ4n) is 2.44. The Labute approximate surface area is 115 Å². The maximum Gasteiger partial charge on any atom is 0.0502 e. The van der Waals surface area contributed by atoms with Crippen LogP contribution in [0.15, 0.2) is 59.1 Å². The van der Waals surface area contributed by atoms with Gasteiger partial charge in [-0.2, -0.15) is 0 Å². The van der Waals surface area contributed by atoms with Crippen molar-refractivity contribution in [3.05, 3.63) is 59.1 Å². The van der Waals surface area contributed by atoms with Gasteiger partial charge in [0, 0.05) is 27.5 Å². The summed E-state index contributed by atoms with van der Waals surface area (Å²) < 4.78 is 3.50. The molecular weight excluding hydrogens is 286 g/mol. The summed E-state index contributed by atoms with van der Waals surface area (Å²) in [6.45, 7) is 3.16. The molecule has 0 spiro atoms. The number of aryl methyl sites for hydroxylation is 1. The van der Waals surface area contributed by atoms with E-state index in [1.165, 1.54) is 22.2 Å². The summed E-state index contributed by atoms with van der Waals surface area (Å²) in [6.07, 6.45) is 0. The fourth-order valence-corrected chi connectivity index (χ4v) is 2.93. The van der Waals surface area contributed by atoms with Crippen LogP contribution in [0.5, 0.6) is 0 Å². The quantitative estimate of drug-likeness (QED) is 0.621. The molecule has 0 N–H and O–H groups in total. The van der Waals surface area contributed by atoms with E-state index < -0.39 is 0 Å². The molecule has 3 aromatic rings. The molecule has 0 unspecified atom stereocenters. The van der Waals surface area contributed by atoms with E-state index in [4.69, 9.17) is 0 Å². The van der Waals surface area contributed by atoms with Crippen molar-refractivity contribution in [2.45, 2.75) is 13.5 Å². The van der Waals surface area contributed by atoms with Gasteiger partial charge in [-0.25, -0.2) is 0 Å². The van der Waals surface area contributed by atoms with E-state index >= 15 is 0 Å². The Balaban J connectivity index is 2.32. The second-order valence-electron chi connectivity index (χ2n) is 4.31. The number of nitrogens with zero attached hydrogens (tertiary/aromatic N) is 1. The normalized spacial score (nSPS) is 11.0. The van der Waals surface area contributed by atoms with Gasteiger partial charge in [0.2, 0.25) is 0 Å². The van der Waals surface area contributed by atoms with Crippen molar-refractivity contribution in [1.82, 2.24) is 4.57 Å². The Hall–Kier alpha value is -1.54. The molecule has 18 heavy (non-hydrogen) atoms. The van der Waals surface area contributed by atoms with Gasteiger partial charge in [-0.1, -0.05) is 52.3 Å². The smallest absolute Gasteiger partial charge is 0.0502 e. The van der Waals surface area contributed by atoms with Crippen LogP contribution < -0.4 is 0 Å². The van der Waals surface area contributed by atoms with Gasteiger partial charge in [-0.05, 0) is 25.1 Å². The van der Waals surface area contributed by atoms with Gasteiger partial charge in [0.05, 0.1) is 5.69 Å². The lowest BCUT2D eigenvalue weighted by molar-refractivity contribution is 0.805. The largest absolute Gasteiger partial charge is 0.341 e. The van der Waals surface area contributed by atoms with E-state index in [2.05, 4.69) is 76.0 Å². The zero-order valence-corrected chi connectivity index (χ0v) is 11.8. The third-order valence-electron chi connectivity index (χ3n) is 3.28. The predicted molar refractivity (Wildman–Crippen MR) is 80.7 cm³/mol. The van der Waals surface area contributed by atoms with Crippen LogP contribution in [0.1, 0.15) is 6.92 Å². The maximum absolute atomic E-state index is 3.64. The third-order valence-corrected chi connectivity index (χ3v) is 3.97. The molecule has 0 amide bonds. The van der Waals surface area contributed by atoms with Crippen molar-refractivity contribution in [3.63, 3.8) is 0 Å². The molecule has 3 rings (SSSR count). The third kappa shape index (κ3) is 1.77. The van der Waals surface area contributed by atoms with Gasteiger partial charge in [-0.3, -0.25) is 0 Å². The first kappa shape index (κ1) is 11.5. The topological polar surface area (TPSA) is 4.93 Å². The molecule has 2 aromatic carbocycles. The molecule has 0 bridgehead atoms. The van der Waals surface area contributed by atoms with Crippen LogP contribution in [0.4, 0.5) is 0 Å². The van der Waals surface area contributed by atoms with Gasteiger partial charge >= 0.3 is 0 Å². The van der Waals surface area contributed by atoms with Gasteiger partial charge in [0.25, 0.3) is 0 Å². The molecule has 0 saturated carbocycles. The highest BCUT2D eigenvalue weighted by Crippen LogP contribution is 2.32. The molecule has 0 aliphatic heterocycles. The summed E-state index contributed by atoms with van der Waals surface area (Å²) in [5.41, 5.74) is 3.81. The number of benzene rings is 2. The first-order chi connectivity index (χ1) is 8.81. The Bertz CT molecular complexity index is 697. The number of fused-ring (bicyclic) bond motifs is 1. The highest BCUT2D eigenvalue weighted by atomic mass is 79.9. The molecule has 90 valence electrons. The molecule has 0 aliphatic rings. The van der Waals surface area contributed by atoms with Crippen molar-refractivity contribution in [3.8, 4) is 11.3 Å². The molecule has 1 aromatic heterocycles. The number of hydrogen-bond donors (Lipinski definition) is 0. The van der Waals surface area contributed by atoms with Crippen LogP contribution in [-0.2, 0) is 6.54 Å². The van der Waals surface area contributed by atoms with E-state index in [1.54, 1.807) is 0 Å². The number of halogens is 1. The summed E-state index contributed by atoms with van der Waals surface area (Å²) in [4.78, 5) is 0. The molecule has 1 nitrogen and oxygen atoms in total. The zero-order chi connectivity index (χ0) is 12.5. The van der Waals surface area contributed by atoms with Crippen molar-refractivity contribution < 1.29 is 0 Å². The minimum absolute atomic E-state index is 0.976. The number of rotatable bonds is 2. The molecule has 2 heteroatoms. The van der Waals surface area contributed by atoms with Gasteiger partial charge < -0.3 is 4.57 Å². The highest BCUT2D eigenvalue weighted by Gasteiger charge is 2.10. The van der Waals surface area contributed by atoms with Crippen molar-refractivity contribution in [2.24, 2.45) is 0 Å². The Morgan fingerprint density at radius 1 is 1.00 bits per heavy atom. The standard InChI is InChI=1S/C16H14BrN/c1-2-18-15-10-6-3-7-12(15)11-16(18)13-8-4-5-9-14(13)17/h3-11H,2H2,1H3. The lowest BCUT2D eigenvalue weighted by atomic mass is 10.1. The molecule has 0 aliphatic carbocycles. The summed E-state index contributed by atoms with van der Waals surface area (Å²) >= 11 is 3.64. The van der Waals surface area contributed by atoms with Crippen LogP contribution in [0.25, 0.3) is 22.2 Å². The monoisotopic (exact) mass is 299 g/mol. The fraction of sp³-hybridized carbons (Fsp3) is 0.125. The predicted octanol–water partition coefficient (Wildman–Crippen LogP) is 5.09. The Morgan fingerprint density at radius 3 is 2.50 bits per heavy atom. The minimum atomic E-state index is 0.976. The van der Waals surface area contributed by atoms with Crippen molar-refractivity contribution in [1.29, 1.82) is 0 Å². The summed E-state index contributed by atoms with van der Waals surface area (Å²) in [6, 6.07) is 19.2. The molecule has 0 atom stereocenters. The van der Waals surface area contributed by atoms with E-state index in [1.807, 2.05) is 6.07 Å². The van der Waals surface area contributed by atoms with Gasteiger partial charge in [-0.15, -0.1) is 0 Å².